The Hall–Kier alpha value is -4.31. The number of anilines is 2. The van der Waals surface area contributed by atoms with Gasteiger partial charge in [0, 0.05) is 29.9 Å². The molecule has 0 spiro atoms. The van der Waals surface area contributed by atoms with Crippen molar-refractivity contribution in [2.75, 3.05) is 10.2 Å². The summed E-state index contributed by atoms with van der Waals surface area (Å²) in [7, 11) is 0. The number of fused-ring (bicyclic) bond motifs is 1. The van der Waals surface area contributed by atoms with Crippen molar-refractivity contribution in [2.24, 2.45) is 0 Å². The first-order chi connectivity index (χ1) is 16.5. The number of carboxylic acid groups (broad SMARTS) is 1. The van der Waals surface area contributed by atoms with E-state index >= 15 is 0 Å². The van der Waals surface area contributed by atoms with Crippen LogP contribution in [-0.4, -0.2) is 43.2 Å². The molecule has 1 amide bonds. The van der Waals surface area contributed by atoms with E-state index < -0.39 is 12.0 Å². The number of H-pyrrole nitrogens is 1. The van der Waals surface area contributed by atoms with Gasteiger partial charge in [0.15, 0.2) is 0 Å². The Balaban J connectivity index is 1.34. The van der Waals surface area contributed by atoms with Crippen LogP contribution in [0, 0.1) is 4.77 Å². The fourth-order valence-corrected chi connectivity index (χ4v) is 4.30. The third-order valence-corrected chi connectivity index (χ3v) is 6.09. The molecular weight excluding hydrogens is 452 g/mol. The molecule has 0 radical (unpaired) electrons. The molecule has 1 atom stereocenters. The van der Waals surface area contributed by atoms with Gasteiger partial charge >= 0.3 is 5.97 Å². The Morgan fingerprint density at radius 1 is 1.00 bits per heavy atom. The number of benzene rings is 3. The van der Waals surface area contributed by atoms with Gasteiger partial charge in [-0.05, 0) is 65.8 Å². The Morgan fingerprint density at radius 2 is 1.76 bits per heavy atom. The molecule has 34 heavy (non-hydrogen) atoms. The molecule has 0 aliphatic carbocycles. The van der Waals surface area contributed by atoms with Crippen molar-refractivity contribution < 1.29 is 14.7 Å². The van der Waals surface area contributed by atoms with Crippen LogP contribution in [0.5, 0.6) is 0 Å². The Morgan fingerprint density at radius 3 is 2.47 bits per heavy atom. The van der Waals surface area contributed by atoms with Gasteiger partial charge in [0.05, 0.1) is 5.69 Å². The minimum absolute atomic E-state index is 0.277. The summed E-state index contributed by atoms with van der Waals surface area (Å²) in [5, 5.41) is 22.8. The summed E-state index contributed by atoms with van der Waals surface area (Å²) >= 11 is 5.12. The molecule has 1 unspecified atom stereocenters. The quantitative estimate of drug-likeness (QED) is 0.380. The highest BCUT2D eigenvalue weighted by atomic mass is 32.1. The monoisotopic (exact) mass is 472 g/mol. The maximum atomic E-state index is 12.8. The van der Waals surface area contributed by atoms with E-state index in [1.807, 2.05) is 35.2 Å². The van der Waals surface area contributed by atoms with Crippen molar-refractivity contribution in [3.63, 3.8) is 0 Å². The van der Waals surface area contributed by atoms with Crippen LogP contribution < -0.4 is 10.2 Å². The van der Waals surface area contributed by atoms with Crippen LogP contribution in [0.4, 0.5) is 11.4 Å². The molecule has 3 aromatic carbocycles. The zero-order chi connectivity index (χ0) is 23.7. The lowest BCUT2D eigenvalue weighted by atomic mass is 9.93. The summed E-state index contributed by atoms with van der Waals surface area (Å²) in [5.74, 6) is -1.16. The minimum atomic E-state index is -0.872. The largest absolute Gasteiger partial charge is 0.480 e. The lowest BCUT2D eigenvalue weighted by molar-refractivity contribution is -0.138. The number of rotatable bonds is 5. The molecule has 3 N–H and O–H groups in total. The number of nitrogens with zero attached hydrogens (tertiary/aromatic N) is 4. The van der Waals surface area contributed by atoms with Gasteiger partial charge in [0.1, 0.15) is 6.04 Å². The average Bonchev–Trinajstić information content (AvgIpc) is 3.29. The van der Waals surface area contributed by atoms with Crippen molar-refractivity contribution in [3.8, 4) is 5.69 Å². The van der Waals surface area contributed by atoms with Crippen molar-refractivity contribution in [1.29, 1.82) is 0 Å². The van der Waals surface area contributed by atoms with Crippen LogP contribution in [0.15, 0.2) is 72.8 Å². The lowest BCUT2D eigenvalue weighted by Gasteiger charge is -2.36. The van der Waals surface area contributed by atoms with Crippen LogP contribution >= 0.6 is 12.2 Å². The normalized spacial score (nSPS) is 14.9. The molecule has 170 valence electrons. The van der Waals surface area contributed by atoms with Crippen LogP contribution in [0.3, 0.4) is 0 Å². The second-order valence-corrected chi connectivity index (χ2v) is 8.29. The van der Waals surface area contributed by atoms with Gasteiger partial charge in [-0.2, -0.15) is 5.21 Å². The van der Waals surface area contributed by atoms with Gasteiger partial charge in [0.25, 0.3) is 5.91 Å². The van der Waals surface area contributed by atoms with E-state index in [0.29, 0.717) is 29.9 Å². The Bertz CT molecular complexity index is 1430. The maximum Gasteiger partial charge on any atom is 0.326 e. The SMILES string of the molecule is O=C(Nc1cccc(-n2[nH]nnc2=S)c1)c1ccc(N2Cc3ccccc3CC2C(=O)O)cc1. The lowest BCUT2D eigenvalue weighted by Crippen LogP contribution is -2.45. The molecule has 4 aromatic rings. The average molecular weight is 473 g/mol. The number of carbonyl (C=O) groups excluding carboxylic acids is 1. The number of aromatic nitrogens is 4. The first-order valence-electron chi connectivity index (χ1n) is 10.6. The second kappa shape index (κ2) is 8.91. The maximum absolute atomic E-state index is 12.8. The van der Waals surface area contributed by atoms with Crippen LogP contribution in [0.1, 0.15) is 21.5 Å². The van der Waals surface area contributed by atoms with E-state index in [1.54, 1.807) is 42.5 Å². The predicted molar refractivity (Wildman–Crippen MR) is 129 cm³/mol. The Labute approximate surface area is 199 Å². The van der Waals surface area contributed by atoms with Gasteiger partial charge in [-0.3, -0.25) is 4.79 Å². The molecule has 2 heterocycles. The number of nitrogens with one attached hydrogen (secondary N) is 2. The Kier molecular flexibility index (Phi) is 5.64. The standard InChI is InChI=1S/C24H20N6O3S/c31-22(25-18-6-3-7-20(13-18)30-24(34)26-27-28-30)15-8-10-19(11-9-15)29-14-17-5-2-1-4-16(17)12-21(29)23(32)33/h1-11,13,21H,12,14H2,(H,25,31)(H,32,33)(H,26,28,34). The van der Waals surface area contributed by atoms with E-state index in [4.69, 9.17) is 12.2 Å². The molecule has 0 saturated heterocycles. The van der Waals surface area contributed by atoms with Gasteiger partial charge in [-0.15, -0.1) is 0 Å². The molecule has 10 heteroatoms. The third-order valence-electron chi connectivity index (χ3n) is 5.83. The van der Waals surface area contributed by atoms with Gasteiger partial charge in [-0.1, -0.05) is 40.6 Å². The summed E-state index contributed by atoms with van der Waals surface area (Å²) in [6, 6.07) is 21.3. The highest BCUT2D eigenvalue weighted by Gasteiger charge is 2.31. The fourth-order valence-electron chi connectivity index (χ4n) is 4.11. The molecule has 0 bridgehead atoms. The highest BCUT2D eigenvalue weighted by Crippen LogP contribution is 2.29. The van der Waals surface area contributed by atoms with E-state index in [9.17, 15) is 14.7 Å². The van der Waals surface area contributed by atoms with Gasteiger partial charge in [0.2, 0.25) is 4.77 Å². The zero-order valence-corrected chi connectivity index (χ0v) is 18.7. The number of aromatic amines is 1. The minimum Gasteiger partial charge on any atom is -0.480 e. The third kappa shape index (κ3) is 4.18. The van der Waals surface area contributed by atoms with Crippen molar-refractivity contribution >= 4 is 35.5 Å². The molecule has 9 nitrogen and oxygen atoms in total. The number of carbonyl (C=O) groups is 2. The molecule has 0 fully saturated rings. The van der Waals surface area contributed by atoms with Crippen molar-refractivity contribution in [2.45, 2.75) is 19.0 Å². The topological polar surface area (TPSA) is 116 Å². The molecule has 1 aliphatic rings. The van der Waals surface area contributed by atoms with E-state index in [0.717, 1.165) is 16.8 Å². The van der Waals surface area contributed by atoms with Crippen molar-refractivity contribution in [1.82, 2.24) is 20.2 Å². The predicted octanol–water partition coefficient (Wildman–Crippen LogP) is 3.59. The summed E-state index contributed by atoms with van der Waals surface area (Å²) in [6.07, 6.45) is 0.431. The number of aliphatic carboxylic acids is 1. The zero-order valence-electron chi connectivity index (χ0n) is 17.9. The highest BCUT2D eigenvalue weighted by molar-refractivity contribution is 7.71. The summed E-state index contributed by atoms with van der Waals surface area (Å²) < 4.78 is 1.80. The summed E-state index contributed by atoms with van der Waals surface area (Å²) in [4.78, 5) is 26.6. The van der Waals surface area contributed by atoms with Crippen molar-refractivity contribution in [3.05, 3.63) is 94.3 Å². The number of amides is 1. The van der Waals surface area contributed by atoms with E-state index in [-0.39, 0.29) is 10.7 Å². The van der Waals surface area contributed by atoms with Gasteiger partial charge in [-0.25, -0.2) is 9.48 Å². The van der Waals surface area contributed by atoms with E-state index in [1.165, 1.54) is 4.68 Å². The summed E-state index contributed by atoms with van der Waals surface area (Å²) in [5.41, 5.74) is 4.64. The first-order valence-corrected chi connectivity index (χ1v) is 11.0. The number of carboxylic acids is 1. The van der Waals surface area contributed by atoms with Crippen LogP contribution in [0.25, 0.3) is 5.69 Å². The number of hydrogen-bond acceptors (Lipinski definition) is 6. The smallest absolute Gasteiger partial charge is 0.326 e. The van der Waals surface area contributed by atoms with E-state index in [2.05, 4.69) is 20.8 Å². The molecule has 1 aromatic heterocycles. The van der Waals surface area contributed by atoms with Crippen LogP contribution in [0.2, 0.25) is 0 Å². The second-order valence-electron chi connectivity index (χ2n) is 7.92. The summed E-state index contributed by atoms with van der Waals surface area (Å²) in [6.45, 7) is 0.496. The first kappa shape index (κ1) is 21.5. The van der Waals surface area contributed by atoms with Gasteiger partial charge < -0.3 is 15.3 Å². The molecule has 0 saturated carbocycles. The molecule has 5 rings (SSSR count). The molecule has 1 aliphatic heterocycles. The number of tetrazole rings is 1. The number of hydrogen-bond donors (Lipinski definition) is 3. The molecular formula is C24H20N6O3S. The fraction of sp³-hybridized carbons (Fsp3) is 0.125. The van der Waals surface area contributed by atoms with Crippen LogP contribution in [-0.2, 0) is 17.8 Å².